The molecule has 5 heteroatoms. The number of hydrogen-bond acceptors (Lipinski definition) is 2. The molecule has 0 aliphatic heterocycles. The molecule has 0 spiro atoms. The van der Waals surface area contributed by atoms with Crippen LogP contribution in [0.25, 0.3) is 0 Å². The fourth-order valence-corrected chi connectivity index (χ4v) is 3.05. The molecule has 0 radical (unpaired) electrons. The first-order chi connectivity index (χ1) is 11.1. The van der Waals surface area contributed by atoms with Gasteiger partial charge in [-0.25, -0.2) is 4.39 Å². The molecular weight excluding hydrogens is 317 g/mol. The Balaban J connectivity index is 1.55. The van der Waals surface area contributed by atoms with Gasteiger partial charge in [-0.3, -0.25) is 4.79 Å². The van der Waals surface area contributed by atoms with Crippen LogP contribution in [0.4, 0.5) is 4.39 Å². The number of hydrogen-bond donors (Lipinski definition) is 2. The van der Waals surface area contributed by atoms with Gasteiger partial charge in [0, 0.05) is 23.0 Å². The zero-order valence-electron chi connectivity index (χ0n) is 12.4. The lowest BCUT2D eigenvalue weighted by atomic mass is 10.1. The minimum Gasteiger partial charge on any atom is -0.387 e. The van der Waals surface area contributed by atoms with E-state index in [1.165, 1.54) is 6.07 Å². The smallest absolute Gasteiger partial charge is 0.223 e. The van der Waals surface area contributed by atoms with Crippen LogP contribution in [-0.2, 0) is 4.79 Å². The van der Waals surface area contributed by atoms with E-state index >= 15 is 0 Å². The predicted octanol–water partition coefficient (Wildman–Crippen LogP) is 3.43. The van der Waals surface area contributed by atoms with Gasteiger partial charge in [0.2, 0.25) is 5.91 Å². The van der Waals surface area contributed by atoms with Crippen LogP contribution in [0.5, 0.6) is 0 Å². The highest BCUT2D eigenvalue weighted by Crippen LogP contribution is 2.48. The monoisotopic (exact) mass is 333 g/mol. The maximum atomic E-state index is 13.7. The van der Waals surface area contributed by atoms with Crippen molar-refractivity contribution in [2.75, 3.05) is 6.54 Å². The molecule has 120 valence electrons. The molecule has 2 aromatic carbocycles. The molecule has 1 aliphatic rings. The highest BCUT2D eigenvalue weighted by Gasteiger charge is 2.45. The summed E-state index contributed by atoms with van der Waals surface area (Å²) in [4.78, 5) is 12.1. The van der Waals surface area contributed by atoms with E-state index < -0.39 is 6.10 Å². The molecule has 1 aliphatic carbocycles. The van der Waals surface area contributed by atoms with Gasteiger partial charge >= 0.3 is 0 Å². The molecule has 3 unspecified atom stereocenters. The highest BCUT2D eigenvalue weighted by molar-refractivity contribution is 6.31. The van der Waals surface area contributed by atoms with Crippen molar-refractivity contribution in [3.63, 3.8) is 0 Å². The van der Waals surface area contributed by atoms with Crippen LogP contribution in [0.3, 0.4) is 0 Å². The molecule has 23 heavy (non-hydrogen) atoms. The molecule has 1 saturated carbocycles. The summed E-state index contributed by atoms with van der Waals surface area (Å²) >= 11 is 6.02. The number of nitrogens with one attached hydrogen (secondary N) is 1. The number of aliphatic hydroxyl groups excluding tert-OH is 1. The topological polar surface area (TPSA) is 49.3 Å². The molecular formula is C18H17ClFNO2. The fourth-order valence-electron chi connectivity index (χ4n) is 2.79. The van der Waals surface area contributed by atoms with Gasteiger partial charge in [0.1, 0.15) is 5.82 Å². The van der Waals surface area contributed by atoms with Gasteiger partial charge in [-0.1, -0.05) is 48.0 Å². The summed E-state index contributed by atoms with van der Waals surface area (Å²) in [6.07, 6.45) is -0.229. The number of carbonyl (C=O) groups excluding carboxylic acids is 1. The first-order valence-corrected chi connectivity index (χ1v) is 7.90. The van der Waals surface area contributed by atoms with E-state index in [0.717, 1.165) is 0 Å². The SMILES string of the molecule is O=C(NCC(O)c1ccccc1Cl)C1CC1c1ccccc1F. The Bertz CT molecular complexity index is 722. The number of aliphatic hydroxyl groups is 1. The van der Waals surface area contributed by atoms with E-state index in [-0.39, 0.29) is 30.1 Å². The van der Waals surface area contributed by atoms with Crippen LogP contribution in [0.2, 0.25) is 5.02 Å². The average Bonchev–Trinajstić information content (AvgIpc) is 3.33. The quantitative estimate of drug-likeness (QED) is 0.880. The van der Waals surface area contributed by atoms with Crippen molar-refractivity contribution in [1.82, 2.24) is 5.32 Å². The zero-order valence-corrected chi connectivity index (χ0v) is 13.1. The molecule has 2 aromatic rings. The van der Waals surface area contributed by atoms with Crippen LogP contribution in [0.15, 0.2) is 48.5 Å². The van der Waals surface area contributed by atoms with Gasteiger partial charge in [-0.05, 0) is 30.0 Å². The van der Waals surface area contributed by atoms with Gasteiger partial charge in [0.05, 0.1) is 6.10 Å². The Morgan fingerprint density at radius 3 is 2.70 bits per heavy atom. The van der Waals surface area contributed by atoms with Gasteiger partial charge in [-0.2, -0.15) is 0 Å². The molecule has 0 bridgehead atoms. The summed E-state index contributed by atoms with van der Waals surface area (Å²) in [5, 5.41) is 13.3. The number of carbonyl (C=O) groups is 1. The zero-order chi connectivity index (χ0) is 16.4. The summed E-state index contributed by atoms with van der Waals surface area (Å²) in [6.45, 7) is 0.0864. The van der Waals surface area contributed by atoms with E-state index in [0.29, 0.717) is 22.6 Å². The first-order valence-electron chi connectivity index (χ1n) is 7.52. The second-order valence-electron chi connectivity index (χ2n) is 5.75. The third-order valence-electron chi connectivity index (χ3n) is 4.17. The van der Waals surface area contributed by atoms with Crippen molar-refractivity contribution < 1.29 is 14.3 Å². The molecule has 1 fully saturated rings. The molecule has 0 saturated heterocycles. The largest absolute Gasteiger partial charge is 0.387 e. The van der Waals surface area contributed by atoms with Crippen molar-refractivity contribution in [2.45, 2.75) is 18.4 Å². The third-order valence-corrected chi connectivity index (χ3v) is 4.51. The van der Waals surface area contributed by atoms with Crippen molar-refractivity contribution in [3.05, 3.63) is 70.5 Å². The summed E-state index contributed by atoms with van der Waals surface area (Å²) in [5.74, 6) is -0.743. The van der Waals surface area contributed by atoms with Gasteiger partial charge in [-0.15, -0.1) is 0 Å². The minimum absolute atomic E-state index is 0.0753. The number of rotatable bonds is 5. The lowest BCUT2D eigenvalue weighted by Gasteiger charge is -2.13. The van der Waals surface area contributed by atoms with Crippen molar-refractivity contribution in [3.8, 4) is 0 Å². The summed E-state index contributed by atoms with van der Waals surface area (Å²) in [6, 6.07) is 13.5. The van der Waals surface area contributed by atoms with Crippen LogP contribution < -0.4 is 5.32 Å². The highest BCUT2D eigenvalue weighted by atomic mass is 35.5. The fraction of sp³-hybridized carbons (Fsp3) is 0.278. The van der Waals surface area contributed by atoms with Crippen LogP contribution in [-0.4, -0.2) is 17.6 Å². The Morgan fingerprint density at radius 2 is 1.96 bits per heavy atom. The number of halogens is 2. The Kier molecular flexibility index (Phi) is 4.64. The third kappa shape index (κ3) is 3.54. The van der Waals surface area contributed by atoms with Crippen molar-refractivity contribution in [1.29, 1.82) is 0 Å². The van der Waals surface area contributed by atoms with Gasteiger partial charge < -0.3 is 10.4 Å². The summed E-state index contributed by atoms with van der Waals surface area (Å²) in [5.41, 5.74) is 1.16. The predicted molar refractivity (Wildman–Crippen MR) is 86.7 cm³/mol. The number of amides is 1. The normalized spacial score (nSPS) is 20.8. The average molecular weight is 334 g/mol. The van der Waals surface area contributed by atoms with Crippen molar-refractivity contribution in [2.24, 2.45) is 5.92 Å². The molecule has 2 N–H and O–H groups in total. The van der Waals surface area contributed by atoms with Gasteiger partial charge in [0.15, 0.2) is 0 Å². The molecule has 0 aromatic heterocycles. The standard InChI is InChI=1S/C18H17ClFNO2/c19-15-7-3-1-6-12(15)17(22)10-21-18(23)14-9-13(14)11-5-2-4-8-16(11)20/h1-8,13-14,17,22H,9-10H2,(H,21,23). The molecule has 1 amide bonds. The second kappa shape index (κ2) is 6.69. The summed E-state index contributed by atoms with van der Waals surface area (Å²) < 4.78 is 13.7. The minimum atomic E-state index is -0.863. The molecule has 3 atom stereocenters. The first kappa shape index (κ1) is 16.0. The van der Waals surface area contributed by atoms with E-state index in [1.54, 1.807) is 42.5 Å². The van der Waals surface area contributed by atoms with Crippen LogP contribution in [0, 0.1) is 11.7 Å². The molecule has 0 heterocycles. The molecule has 3 rings (SSSR count). The Morgan fingerprint density at radius 1 is 1.26 bits per heavy atom. The van der Waals surface area contributed by atoms with Crippen molar-refractivity contribution >= 4 is 17.5 Å². The van der Waals surface area contributed by atoms with Gasteiger partial charge in [0.25, 0.3) is 0 Å². The lowest BCUT2D eigenvalue weighted by Crippen LogP contribution is -2.30. The number of benzene rings is 2. The van der Waals surface area contributed by atoms with E-state index in [1.807, 2.05) is 0 Å². The van der Waals surface area contributed by atoms with E-state index in [2.05, 4.69) is 5.32 Å². The van der Waals surface area contributed by atoms with Crippen LogP contribution >= 0.6 is 11.6 Å². The Hall–Kier alpha value is -1.91. The second-order valence-corrected chi connectivity index (χ2v) is 6.16. The summed E-state index contributed by atoms with van der Waals surface area (Å²) in [7, 11) is 0. The van der Waals surface area contributed by atoms with E-state index in [9.17, 15) is 14.3 Å². The Labute approximate surface area is 139 Å². The molecule has 3 nitrogen and oxygen atoms in total. The van der Waals surface area contributed by atoms with E-state index in [4.69, 9.17) is 11.6 Å². The maximum Gasteiger partial charge on any atom is 0.223 e. The lowest BCUT2D eigenvalue weighted by molar-refractivity contribution is -0.122. The maximum absolute atomic E-state index is 13.7. The van der Waals surface area contributed by atoms with Crippen LogP contribution in [0.1, 0.15) is 29.6 Å².